The van der Waals surface area contributed by atoms with E-state index in [9.17, 15) is 4.79 Å². The predicted molar refractivity (Wildman–Crippen MR) is 113 cm³/mol. The molecule has 2 atom stereocenters. The van der Waals surface area contributed by atoms with Crippen molar-refractivity contribution in [2.24, 2.45) is 0 Å². The van der Waals surface area contributed by atoms with Gasteiger partial charge in [-0.3, -0.25) is 4.79 Å². The first-order valence-electron chi connectivity index (χ1n) is 10.3. The molecule has 0 amide bonds. The van der Waals surface area contributed by atoms with Crippen molar-refractivity contribution in [3.8, 4) is 11.1 Å². The number of carbonyl (C=O) groups is 1. The molecule has 6 nitrogen and oxygen atoms in total. The maximum atomic E-state index is 12.1. The zero-order valence-corrected chi connectivity index (χ0v) is 16.8. The first-order valence-corrected chi connectivity index (χ1v) is 10.3. The van der Waals surface area contributed by atoms with Crippen LogP contribution in [-0.4, -0.2) is 35.6 Å². The third-order valence-corrected chi connectivity index (χ3v) is 6.32. The second-order valence-corrected chi connectivity index (χ2v) is 8.10. The van der Waals surface area contributed by atoms with Gasteiger partial charge in [0.1, 0.15) is 11.7 Å². The molecule has 29 heavy (non-hydrogen) atoms. The van der Waals surface area contributed by atoms with E-state index in [1.165, 1.54) is 41.3 Å². The molecule has 2 aromatic heterocycles. The fraction of sp³-hybridized carbons (Fsp3) is 0.391. The third kappa shape index (κ3) is 3.22. The topological polar surface area (TPSA) is 79.0 Å². The molecule has 0 aliphatic carbocycles. The van der Waals surface area contributed by atoms with Gasteiger partial charge in [0.2, 0.25) is 0 Å². The van der Waals surface area contributed by atoms with Crippen molar-refractivity contribution in [3.63, 3.8) is 0 Å². The van der Waals surface area contributed by atoms with Crippen molar-refractivity contribution in [1.82, 2.24) is 20.6 Å². The van der Waals surface area contributed by atoms with Crippen molar-refractivity contribution >= 4 is 17.0 Å². The quantitative estimate of drug-likeness (QED) is 0.599. The van der Waals surface area contributed by atoms with Gasteiger partial charge in [-0.1, -0.05) is 0 Å². The van der Waals surface area contributed by atoms with Crippen molar-refractivity contribution in [3.05, 3.63) is 52.8 Å². The number of methoxy groups -OCH3 is 1. The summed E-state index contributed by atoms with van der Waals surface area (Å²) in [6.07, 6.45) is 6.92. The number of aromatic amines is 1. The molecule has 1 saturated heterocycles. The molecule has 3 aromatic rings. The van der Waals surface area contributed by atoms with Crippen LogP contribution in [0.4, 0.5) is 0 Å². The second kappa shape index (κ2) is 7.28. The summed E-state index contributed by atoms with van der Waals surface area (Å²) in [6, 6.07) is 6.82. The highest BCUT2D eigenvalue weighted by molar-refractivity contribution is 5.85. The Labute approximate surface area is 170 Å². The fourth-order valence-corrected chi connectivity index (χ4v) is 4.70. The van der Waals surface area contributed by atoms with E-state index in [4.69, 9.17) is 4.74 Å². The Morgan fingerprint density at radius 3 is 2.90 bits per heavy atom. The molecular weight excluding hydrogens is 364 g/mol. The molecule has 2 aliphatic rings. The number of nitrogens with one attached hydrogen (secondary N) is 3. The van der Waals surface area contributed by atoms with Crippen molar-refractivity contribution < 1.29 is 9.53 Å². The molecule has 0 spiro atoms. The van der Waals surface area contributed by atoms with Crippen molar-refractivity contribution in [1.29, 1.82) is 0 Å². The molecule has 0 radical (unpaired) electrons. The van der Waals surface area contributed by atoms with E-state index in [1.807, 2.05) is 12.4 Å². The first-order chi connectivity index (χ1) is 14.1. The smallest absolute Gasteiger partial charge is 0.323 e. The minimum absolute atomic E-state index is 0.192. The summed E-state index contributed by atoms with van der Waals surface area (Å²) in [6.45, 7) is 3.81. The lowest BCUT2D eigenvalue weighted by molar-refractivity contribution is -0.143. The summed E-state index contributed by atoms with van der Waals surface area (Å²) in [4.78, 5) is 20.0. The van der Waals surface area contributed by atoms with Crippen LogP contribution in [0.5, 0.6) is 0 Å². The highest BCUT2D eigenvalue weighted by Crippen LogP contribution is 2.35. The standard InChI is InChI=1S/C23H26N4O2/c1-13-10-26-22-17(13)8-15(11-27-22)14-6-16-12-25-21(23(28)29-2)9-18(16)19(7-14)20-4-3-5-24-20/h6-8,10-11,20-21,24-25H,3-5,9,12H2,1-2H3,(H,26,27). The summed E-state index contributed by atoms with van der Waals surface area (Å²) >= 11 is 0. The van der Waals surface area contributed by atoms with E-state index in [0.717, 1.165) is 29.6 Å². The van der Waals surface area contributed by atoms with Gasteiger partial charge >= 0.3 is 5.97 Å². The van der Waals surface area contributed by atoms with E-state index in [2.05, 4.69) is 45.7 Å². The Morgan fingerprint density at radius 1 is 1.21 bits per heavy atom. The summed E-state index contributed by atoms with van der Waals surface area (Å²) in [5.74, 6) is -0.192. The zero-order valence-electron chi connectivity index (χ0n) is 16.8. The van der Waals surface area contributed by atoms with Gasteiger partial charge in [0, 0.05) is 35.9 Å². The minimum Gasteiger partial charge on any atom is -0.468 e. The number of aryl methyl sites for hydroxylation is 1. The van der Waals surface area contributed by atoms with E-state index < -0.39 is 0 Å². The molecule has 150 valence electrons. The number of esters is 1. The van der Waals surface area contributed by atoms with Gasteiger partial charge in [-0.25, -0.2) is 4.98 Å². The van der Waals surface area contributed by atoms with Gasteiger partial charge in [0.15, 0.2) is 0 Å². The average molecular weight is 390 g/mol. The lowest BCUT2D eigenvalue weighted by Crippen LogP contribution is -2.43. The maximum Gasteiger partial charge on any atom is 0.323 e. The molecule has 0 bridgehead atoms. The highest BCUT2D eigenvalue weighted by Gasteiger charge is 2.30. The van der Waals surface area contributed by atoms with Crippen LogP contribution in [0.3, 0.4) is 0 Å². The monoisotopic (exact) mass is 390 g/mol. The Balaban J connectivity index is 1.61. The number of H-pyrrole nitrogens is 1. The minimum atomic E-state index is -0.279. The van der Waals surface area contributed by atoms with Crippen LogP contribution in [0.2, 0.25) is 0 Å². The summed E-state index contributed by atoms with van der Waals surface area (Å²) in [5, 5.41) is 8.14. The third-order valence-electron chi connectivity index (χ3n) is 6.32. The van der Waals surface area contributed by atoms with Crippen LogP contribution in [0.25, 0.3) is 22.2 Å². The highest BCUT2D eigenvalue weighted by atomic mass is 16.5. The Morgan fingerprint density at radius 2 is 2.10 bits per heavy atom. The van der Waals surface area contributed by atoms with Gasteiger partial charge < -0.3 is 20.4 Å². The van der Waals surface area contributed by atoms with Crippen LogP contribution in [0.15, 0.2) is 30.6 Å². The lowest BCUT2D eigenvalue weighted by Gasteiger charge is -2.29. The van der Waals surface area contributed by atoms with E-state index in [-0.39, 0.29) is 12.0 Å². The number of carbonyl (C=O) groups excluding carboxylic acids is 1. The molecule has 1 fully saturated rings. The first kappa shape index (κ1) is 18.3. The summed E-state index contributed by atoms with van der Waals surface area (Å²) in [5.41, 5.74) is 8.29. The van der Waals surface area contributed by atoms with Crippen LogP contribution < -0.4 is 10.6 Å². The van der Waals surface area contributed by atoms with Crippen LogP contribution in [0.1, 0.15) is 41.1 Å². The molecule has 0 saturated carbocycles. The van der Waals surface area contributed by atoms with Gasteiger partial charge in [-0.15, -0.1) is 0 Å². The van der Waals surface area contributed by atoms with Crippen LogP contribution >= 0.6 is 0 Å². The largest absolute Gasteiger partial charge is 0.468 e. The lowest BCUT2D eigenvalue weighted by atomic mass is 9.85. The molecule has 2 aliphatic heterocycles. The summed E-state index contributed by atoms with van der Waals surface area (Å²) in [7, 11) is 1.45. The summed E-state index contributed by atoms with van der Waals surface area (Å²) < 4.78 is 4.98. The van der Waals surface area contributed by atoms with E-state index in [1.54, 1.807) is 0 Å². The van der Waals surface area contributed by atoms with Gasteiger partial charge in [0.25, 0.3) is 0 Å². The normalized spacial score (nSPS) is 21.3. The number of fused-ring (bicyclic) bond motifs is 2. The van der Waals surface area contributed by atoms with E-state index in [0.29, 0.717) is 19.0 Å². The number of aromatic nitrogens is 2. The van der Waals surface area contributed by atoms with E-state index >= 15 is 0 Å². The van der Waals surface area contributed by atoms with Gasteiger partial charge in [-0.05, 0) is 78.7 Å². The number of nitrogens with zero attached hydrogens (tertiary/aromatic N) is 1. The number of hydrogen-bond donors (Lipinski definition) is 3. The Kier molecular flexibility index (Phi) is 4.60. The van der Waals surface area contributed by atoms with Gasteiger partial charge in [-0.2, -0.15) is 0 Å². The van der Waals surface area contributed by atoms with Crippen LogP contribution in [-0.2, 0) is 22.5 Å². The second-order valence-electron chi connectivity index (χ2n) is 8.10. The number of pyridine rings is 1. The number of ether oxygens (including phenoxy) is 1. The molecule has 1 aromatic carbocycles. The SMILES string of the molecule is COC(=O)C1Cc2c(cc(-c3cnc4[nH]cc(C)c4c3)cc2C2CCCN2)CN1. The Bertz CT molecular complexity index is 1080. The van der Waals surface area contributed by atoms with Crippen LogP contribution in [0, 0.1) is 6.92 Å². The number of benzene rings is 1. The molecule has 2 unspecified atom stereocenters. The zero-order chi connectivity index (χ0) is 20.0. The molecule has 5 rings (SSSR count). The number of hydrogen-bond acceptors (Lipinski definition) is 5. The maximum absolute atomic E-state index is 12.1. The number of rotatable bonds is 3. The fourth-order valence-electron chi connectivity index (χ4n) is 4.70. The van der Waals surface area contributed by atoms with Gasteiger partial charge in [0.05, 0.1) is 7.11 Å². The molecule has 4 heterocycles. The predicted octanol–water partition coefficient (Wildman–Crippen LogP) is 3.15. The molecular formula is C23H26N4O2. The van der Waals surface area contributed by atoms with Crippen molar-refractivity contribution in [2.75, 3.05) is 13.7 Å². The van der Waals surface area contributed by atoms with Crippen molar-refractivity contribution in [2.45, 2.75) is 44.8 Å². The average Bonchev–Trinajstić information content (AvgIpc) is 3.42. The molecule has 6 heteroatoms. The molecule has 3 N–H and O–H groups in total. The Hall–Kier alpha value is -2.70.